The highest BCUT2D eigenvalue weighted by molar-refractivity contribution is 8.00. The fraction of sp³-hybridized carbons (Fsp3) is 0.250. The van der Waals surface area contributed by atoms with Gasteiger partial charge < -0.3 is 4.52 Å². The number of amides is 1. The van der Waals surface area contributed by atoms with Gasteiger partial charge in [0.2, 0.25) is 5.13 Å². The second-order valence-electron chi connectivity index (χ2n) is 5.75. The van der Waals surface area contributed by atoms with Crippen LogP contribution in [0.25, 0.3) is 0 Å². The number of anilines is 1. The summed E-state index contributed by atoms with van der Waals surface area (Å²) < 4.78 is 31.9. The van der Waals surface area contributed by atoms with E-state index in [0.717, 1.165) is 30.7 Å². The van der Waals surface area contributed by atoms with E-state index in [0.29, 0.717) is 26.7 Å². The molecule has 4 rings (SSSR count). The van der Waals surface area contributed by atoms with E-state index in [9.17, 15) is 13.6 Å². The number of aromatic nitrogens is 3. The van der Waals surface area contributed by atoms with Gasteiger partial charge in [-0.1, -0.05) is 34.3 Å². The summed E-state index contributed by atoms with van der Waals surface area (Å²) in [5.41, 5.74) is 0.836. The number of nitrogens with zero attached hydrogens (tertiary/aromatic N) is 3. The van der Waals surface area contributed by atoms with Crippen molar-refractivity contribution in [3.05, 3.63) is 52.9 Å². The molecule has 2 aromatic heterocycles. The highest BCUT2D eigenvalue weighted by Gasteiger charge is 2.29. The molecular weight excluding hydrogens is 382 g/mol. The molecule has 0 atom stereocenters. The lowest BCUT2D eigenvalue weighted by atomic mass is 10.2. The maximum Gasteiger partial charge on any atom is 0.279 e. The number of carbonyl (C=O) groups excluding carboxylic acids is 1. The van der Waals surface area contributed by atoms with Gasteiger partial charge in [0.25, 0.3) is 5.91 Å². The standard InChI is InChI=1S/C16H12F2N4O2S2/c17-10-4-1-8(5-11(10)18)7-25-16-21-20-15(26-16)19-14(23)12-6-13(24-22-12)9-2-3-9/h1,4-6,9H,2-3,7H2,(H,19,20,23). The number of benzene rings is 1. The number of carbonyl (C=O) groups is 1. The third-order valence-electron chi connectivity index (χ3n) is 3.71. The van der Waals surface area contributed by atoms with Gasteiger partial charge in [0, 0.05) is 17.7 Å². The molecule has 1 aromatic carbocycles. The minimum atomic E-state index is -0.883. The van der Waals surface area contributed by atoms with Crippen molar-refractivity contribution in [1.82, 2.24) is 15.4 Å². The van der Waals surface area contributed by atoms with Crippen LogP contribution in [0.2, 0.25) is 0 Å². The first-order valence-electron chi connectivity index (χ1n) is 7.76. The van der Waals surface area contributed by atoms with Crippen molar-refractivity contribution < 1.29 is 18.1 Å². The van der Waals surface area contributed by atoms with Gasteiger partial charge >= 0.3 is 0 Å². The monoisotopic (exact) mass is 394 g/mol. The minimum absolute atomic E-state index is 0.207. The van der Waals surface area contributed by atoms with Crippen LogP contribution in [0.4, 0.5) is 13.9 Å². The fourth-order valence-corrected chi connectivity index (χ4v) is 3.90. The number of hydrogen-bond acceptors (Lipinski definition) is 7. The van der Waals surface area contributed by atoms with Crippen molar-refractivity contribution in [2.24, 2.45) is 0 Å². The Balaban J connectivity index is 1.34. The molecule has 0 saturated heterocycles. The summed E-state index contributed by atoms with van der Waals surface area (Å²) in [6.45, 7) is 0. The summed E-state index contributed by atoms with van der Waals surface area (Å²) in [6.07, 6.45) is 2.12. The molecule has 0 radical (unpaired) electrons. The molecule has 1 aliphatic carbocycles. The molecule has 0 bridgehead atoms. The molecule has 1 saturated carbocycles. The van der Waals surface area contributed by atoms with Crippen LogP contribution >= 0.6 is 23.1 Å². The number of rotatable bonds is 6. The summed E-state index contributed by atoms with van der Waals surface area (Å²) in [5, 5.41) is 14.6. The molecule has 0 spiro atoms. The Morgan fingerprint density at radius 1 is 1.27 bits per heavy atom. The minimum Gasteiger partial charge on any atom is -0.360 e. The maximum absolute atomic E-state index is 13.2. The van der Waals surface area contributed by atoms with Crippen LogP contribution in [0.3, 0.4) is 0 Å². The predicted octanol–water partition coefficient (Wildman–Crippen LogP) is 4.23. The molecule has 26 heavy (non-hydrogen) atoms. The summed E-state index contributed by atoms with van der Waals surface area (Å²) in [5.74, 6) is -0.647. The molecule has 134 valence electrons. The summed E-state index contributed by atoms with van der Waals surface area (Å²) >= 11 is 2.51. The number of hydrogen-bond donors (Lipinski definition) is 1. The van der Waals surface area contributed by atoms with Crippen molar-refractivity contribution >= 4 is 34.1 Å². The smallest absolute Gasteiger partial charge is 0.279 e. The molecule has 0 aliphatic heterocycles. The Labute approximate surface area is 155 Å². The van der Waals surface area contributed by atoms with E-state index < -0.39 is 17.5 Å². The average molecular weight is 394 g/mol. The van der Waals surface area contributed by atoms with Crippen LogP contribution in [-0.4, -0.2) is 21.3 Å². The van der Waals surface area contributed by atoms with E-state index in [-0.39, 0.29) is 5.69 Å². The molecule has 6 nitrogen and oxygen atoms in total. The van der Waals surface area contributed by atoms with E-state index in [1.165, 1.54) is 29.2 Å². The second-order valence-corrected chi connectivity index (χ2v) is 7.95. The van der Waals surface area contributed by atoms with Crippen LogP contribution in [0.15, 0.2) is 33.1 Å². The molecule has 2 heterocycles. The number of nitrogens with one attached hydrogen (secondary N) is 1. The summed E-state index contributed by atoms with van der Waals surface area (Å²) in [7, 11) is 0. The lowest BCUT2D eigenvalue weighted by Gasteiger charge is -1.99. The highest BCUT2D eigenvalue weighted by atomic mass is 32.2. The number of thioether (sulfide) groups is 1. The first-order valence-corrected chi connectivity index (χ1v) is 9.57. The van der Waals surface area contributed by atoms with Gasteiger partial charge in [0.15, 0.2) is 21.7 Å². The van der Waals surface area contributed by atoms with Crippen molar-refractivity contribution in [2.75, 3.05) is 5.32 Å². The Kier molecular flexibility index (Phi) is 4.68. The van der Waals surface area contributed by atoms with Crippen LogP contribution in [0.5, 0.6) is 0 Å². The molecule has 1 fully saturated rings. The van der Waals surface area contributed by atoms with Gasteiger partial charge in [0.05, 0.1) is 0 Å². The first-order chi connectivity index (χ1) is 12.6. The molecule has 1 amide bonds. The zero-order valence-corrected chi connectivity index (χ0v) is 14.9. The maximum atomic E-state index is 13.2. The van der Waals surface area contributed by atoms with Crippen molar-refractivity contribution in [3.8, 4) is 0 Å². The molecule has 3 aromatic rings. The fourth-order valence-electron chi connectivity index (χ4n) is 2.21. The van der Waals surface area contributed by atoms with Gasteiger partial charge in [-0.05, 0) is 30.5 Å². The zero-order valence-electron chi connectivity index (χ0n) is 13.2. The Hall–Kier alpha value is -2.33. The van der Waals surface area contributed by atoms with Gasteiger partial charge in [-0.25, -0.2) is 8.78 Å². The third kappa shape index (κ3) is 3.91. The van der Waals surface area contributed by atoms with E-state index in [1.807, 2.05) is 0 Å². The van der Waals surface area contributed by atoms with Gasteiger partial charge in [-0.3, -0.25) is 10.1 Å². The van der Waals surface area contributed by atoms with Crippen molar-refractivity contribution in [3.63, 3.8) is 0 Å². The second kappa shape index (κ2) is 7.12. The molecule has 1 N–H and O–H groups in total. The van der Waals surface area contributed by atoms with Gasteiger partial charge in [-0.15, -0.1) is 10.2 Å². The SMILES string of the molecule is O=C(Nc1nnc(SCc2ccc(F)c(F)c2)s1)c1cc(C2CC2)on1. The highest BCUT2D eigenvalue weighted by Crippen LogP contribution is 2.40. The lowest BCUT2D eigenvalue weighted by Crippen LogP contribution is -2.11. The Bertz CT molecular complexity index is 955. The normalized spacial score (nSPS) is 13.8. The van der Waals surface area contributed by atoms with E-state index in [2.05, 4.69) is 20.7 Å². The average Bonchev–Trinajstić information content (AvgIpc) is 3.18. The third-order valence-corrected chi connectivity index (χ3v) is 5.76. The van der Waals surface area contributed by atoms with Crippen LogP contribution in [-0.2, 0) is 5.75 Å². The Morgan fingerprint density at radius 2 is 2.12 bits per heavy atom. The van der Waals surface area contributed by atoms with Crippen molar-refractivity contribution in [2.45, 2.75) is 28.9 Å². The van der Waals surface area contributed by atoms with Gasteiger partial charge in [0.1, 0.15) is 5.76 Å². The largest absolute Gasteiger partial charge is 0.360 e. The molecule has 1 aliphatic rings. The van der Waals surface area contributed by atoms with Crippen LogP contribution in [0.1, 0.15) is 40.6 Å². The van der Waals surface area contributed by atoms with Crippen LogP contribution < -0.4 is 5.32 Å². The van der Waals surface area contributed by atoms with E-state index >= 15 is 0 Å². The van der Waals surface area contributed by atoms with Crippen LogP contribution in [0, 0.1) is 11.6 Å². The number of halogens is 2. The van der Waals surface area contributed by atoms with Crippen molar-refractivity contribution in [1.29, 1.82) is 0 Å². The lowest BCUT2D eigenvalue weighted by molar-refractivity contribution is 0.101. The Morgan fingerprint density at radius 3 is 2.88 bits per heavy atom. The molecular formula is C16H12F2N4O2S2. The van der Waals surface area contributed by atoms with Gasteiger partial charge in [-0.2, -0.15) is 0 Å². The first kappa shape index (κ1) is 17.1. The molecule has 0 unspecified atom stereocenters. The van der Waals surface area contributed by atoms with E-state index in [1.54, 1.807) is 6.07 Å². The zero-order chi connectivity index (χ0) is 18.1. The summed E-state index contributed by atoms with van der Waals surface area (Å²) in [6, 6.07) is 5.39. The molecule has 10 heteroatoms. The quantitative estimate of drug-likeness (QED) is 0.498. The topological polar surface area (TPSA) is 80.9 Å². The van der Waals surface area contributed by atoms with E-state index in [4.69, 9.17) is 4.52 Å². The predicted molar refractivity (Wildman–Crippen MR) is 92.3 cm³/mol. The summed E-state index contributed by atoms with van der Waals surface area (Å²) in [4.78, 5) is 12.1.